The van der Waals surface area contributed by atoms with E-state index in [1.54, 1.807) is 25.4 Å². The molecule has 0 aliphatic carbocycles. The van der Waals surface area contributed by atoms with Crippen LogP contribution in [0.1, 0.15) is 55.1 Å². The zero-order chi connectivity index (χ0) is 30.8. The largest absolute Gasteiger partial charge is 0.491 e. The van der Waals surface area contributed by atoms with Gasteiger partial charge in [-0.25, -0.2) is 18.2 Å². The maximum atomic E-state index is 12.9. The molecule has 1 saturated heterocycles. The van der Waals surface area contributed by atoms with Crippen molar-refractivity contribution in [2.24, 2.45) is 0 Å². The standard InChI is InChI=1S/C31H38N2O9S/c1-5-14-40-29-26(39-15-13-32-31(34)41-20-21-9-7-6-8-10-21)16-22(18-28(29)43(4,35)36)24-11-12-25(42-24)23-17-27(37-2)30(38-3)33-19-23/h6-10,16-19,24-25H,5,11-15,20H2,1-4H3,(H,32,34)/t24-,25-/m1/s1. The summed E-state index contributed by atoms with van der Waals surface area (Å²) in [7, 11) is -0.625. The van der Waals surface area contributed by atoms with Crippen LogP contribution in [0.4, 0.5) is 4.79 Å². The van der Waals surface area contributed by atoms with Gasteiger partial charge >= 0.3 is 6.09 Å². The molecule has 1 N–H and O–H groups in total. The van der Waals surface area contributed by atoms with Crippen LogP contribution in [0, 0.1) is 0 Å². The number of nitrogens with zero attached hydrogens (tertiary/aromatic N) is 1. The molecule has 1 aliphatic rings. The highest BCUT2D eigenvalue weighted by Crippen LogP contribution is 2.45. The third kappa shape index (κ3) is 8.51. The van der Waals surface area contributed by atoms with Crippen molar-refractivity contribution in [2.75, 3.05) is 40.2 Å². The summed E-state index contributed by atoms with van der Waals surface area (Å²) >= 11 is 0. The van der Waals surface area contributed by atoms with Crippen LogP contribution in [0.5, 0.6) is 23.1 Å². The van der Waals surface area contributed by atoms with Gasteiger partial charge in [-0.15, -0.1) is 0 Å². The summed E-state index contributed by atoms with van der Waals surface area (Å²) in [5.74, 6) is 1.27. The third-order valence-electron chi connectivity index (χ3n) is 6.75. The van der Waals surface area contributed by atoms with Gasteiger partial charge in [-0.1, -0.05) is 37.3 Å². The lowest BCUT2D eigenvalue weighted by molar-refractivity contribution is 0.0434. The van der Waals surface area contributed by atoms with Crippen molar-refractivity contribution in [2.45, 2.75) is 49.9 Å². The molecule has 1 aromatic heterocycles. The van der Waals surface area contributed by atoms with E-state index in [1.165, 1.54) is 7.11 Å². The Morgan fingerprint density at radius 1 is 0.977 bits per heavy atom. The first kappa shape index (κ1) is 31.9. The van der Waals surface area contributed by atoms with E-state index in [0.29, 0.717) is 43.1 Å². The summed E-state index contributed by atoms with van der Waals surface area (Å²) in [6, 6.07) is 14.5. The van der Waals surface area contributed by atoms with E-state index in [9.17, 15) is 13.2 Å². The molecular weight excluding hydrogens is 576 g/mol. The van der Waals surface area contributed by atoms with Gasteiger partial charge in [0.05, 0.1) is 39.6 Å². The van der Waals surface area contributed by atoms with Gasteiger partial charge in [0.15, 0.2) is 27.1 Å². The molecule has 0 bridgehead atoms. The molecule has 1 aliphatic heterocycles. The minimum atomic E-state index is -3.69. The van der Waals surface area contributed by atoms with Crippen LogP contribution in [0.25, 0.3) is 0 Å². The van der Waals surface area contributed by atoms with Crippen molar-refractivity contribution in [1.29, 1.82) is 0 Å². The van der Waals surface area contributed by atoms with Crippen molar-refractivity contribution >= 4 is 15.9 Å². The second kappa shape index (κ2) is 14.9. The fraction of sp³-hybridized carbons (Fsp3) is 0.419. The first-order valence-corrected chi connectivity index (χ1v) is 15.9. The maximum Gasteiger partial charge on any atom is 0.407 e. The van der Waals surface area contributed by atoms with Gasteiger partial charge in [0, 0.05) is 18.0 Å². The fourth-order valence-corrected chi connectivity index (χ4v) is 5.50. The average Bonchev–Trinajstić information content (AvgIpc) is 3.51. The van der Waals surface area contributed by atoms with E-state index in [0.717, 1.165) is 17.4 Å². The molecule has 11 nitrogen and oxygen atoms in total. The zero-order valence-electron chi connectivity index (χ0n) is 24.8. The predicted octanol–water partition coefficient (Wildman–Crippen LogP) is 5.19. The summed E-state index contributed by atoms with van der Waals surface area (Å²) in [5.41, 5.74) is 2.34. The highest BCUT2D eigenvalue weighted by Gasteiger charge is 2.31. The lowest BCUT2D eigenvalue weighted by Crippen LogP contribution is -2.28. The molecule has 1 amide bonds. The van der Waals surface area contributed by atoms with Crippen LogP contribution < -0.4 is 24.3 Å². The van der Waals surface area contributed by atoms with Crippen LogP contribution in [0.3, 0.4) is 0 Å². The van der Waals surface area contributed by atoms with Crippen molar-refractivity contribution < 1.29 is 41.6 Å². The van der Waals surface area contributed by atoms with Crippen molar-refractivity contribution in [1.82, 2.24) is 10.3 Å². The van der Waals surface area contributed by atoms with E-state index in [2.05, 4.69) is 10.3 Å². The van der Waals surface area contributed by atoms with E-state index in [1.807, 2.05) is 43.3 Å². The summed E-state index contributed by atoms with van der Waals surface area (Å²) in [4.78, 5) is 16.5. The number of nitrogens with one attached hydrogen (secondary N) is 1. The quantitative estimate of drug-likeness (QED) is 0.242. The normalized spacial score (nSPS) is 16.4. The molecule has 43 heavy (non-hydrogen) atoms. The minimum Gasteiger partial charge on any atom is -0.491 e. The van der Waals surface area contributed by atoms with Crippen LogP contribution >= 0.6 is 0 Å². The van der Waals surface area contributed by atoms with Crippen molar-refractivity contribution in [3.63, 3.8) is 0 Å². The predicted molar refractivity (Wildman–Crippen MR) is 159 cm³/mol. The SMILES string of the molecule is CCCOc1c(OCCNC(=O)OCc2ccccc2)cc([C@H]2CC[C@H](c3cnc(OC)c(OC)c3)O2)cc1S(C)(=O)=O. The molecule has 0 radical (unpaired) electrons. The van der Waals surface area contributed by atoms with Crippen molar-refractivity contribution in [3.05, 3.63) is 71.4 Å². The Kier molecular flexibility index (Phi) is 11.1. The molecule has 2 aromatic carbocycles. The maximum absolute atomic E-state index is 12.9. The lowest BCUT2D eigenvalue weighted by Gasteiger charge is -2.20. The summed E-state index contributed by atoms with van der Waals surface area (Å²) in [6.07, 6.45) is 3.57. The number of carbonyl (C=O) groups is 1. The Hall–Kier alpha value is -4.03. The molecule has 2 atom stereocenters. The molecule has 4 rings (SSSR count). The Morgan fingerprint density at radius 2 is 1.70 bits per heavy atom. The van der Waals surface area contributed by atoms with Gasteiger partial charge in [-0.05, 0) is 48.6 Å². The number of benzene rings is 2. The lowest BCUT2D eigenvalue weighted by atomic mass is 10.0. The summed E-state index contributed by atoms with van der Waals surface area (Å²) < 4.78 is 59.8. The number of hydrogen-bond acceptors (Lipinski definition) is 10. The Bertz CT molecular complexity index is 1480. The topological polar surface area (TPSA) is 132 Å². The molecule has 0 spiro atoms. The number of ether oxygens (including phenoxy) is 6. The van der Waals surface area contributed by atoms with E-state index in [4.69, 9.17) is 28.4 Å². The van der Waals surface area contributed by atoms with Gasteiger partial charge in [-0.2, -0.15) is 0 Å². The zero-order valence-corrected chi connectivity index (χ0v) is 25.6. The van der Waals surface area contributed by atoms with Gasteiger partial charge < -0.3 is 33.7 Å². The number of alkyl carbamates (subject to hydrolysis) is 1. The van der Waals surface area contributed by atoms with Crippen LogP contribution in [0.2, 0.25) is 0 Å². The van der Waals surface area contributed by atoms with Crippen LogP contribution in [0.15, 0.2) is 59.6 Å². The molecule has 0 saturated carbocycles. The van der Waals surface area contributed by atoms with E-state index in [-0.39, 0.29) is 42.3 Å². The smallest absolute Gasteiger partial charge is 0.407 e. The monoisotopic (exact) mass is 614 g/mol. The second-order valence-corrected chi connectivity index (χ2v) is 12.0. The van der Waals surface area contributed by atoms with Crippen molar-refractivity contribution in [3.8, 4) is 23.1 Å². The van der Waals surface area contributed by atoms with Gasteiger partial charge in [0.1, 0.15) is 18.1 Å². The van der Waals surface area contributed by atoms with Crippen LogP contribution in [-0.4, -0.2) is 59.7 Å². The number of sulfone groups is 1. The molecule has 3 aromatic rings. The van der Waals surface area contributed by atoms with E-state index >= 15 is 0 Å². The number of hydrogen-bond donors (Lipinski definition) is 1. The number of amides is 1. The minimum absolute atomic E-state index is 0.0171. The Balaban J connectivity index is 1.49. The fourth-order valence-electron chi connectivity index (χ4n) is 4.65. The Labute approximate surface area is 252 Å². The Morgan fingerprint density at radius 3 is 2.37 bits per heavy atom. The molecule has 0 unspecified atom stereocenters. The number of aromatic nitrogens is 1. The first-order chi connectivity index (χ1) is 20.7. The molecule has 1 fully saturated rings. The van der Waals surface area contributed by atoms with Gasteiger partial charge in [0.2, 0.25) is 0 Å². The van der Waals surface area contributed by atoms with Gasteiger partial charge in [0.25, 0.3) is 5.88 Å². The molecule has 2 heterocycles. The van der Waals surface area contributed by atoms with Gasteiger partial charge in [-0.3, -0.25) is 0 Å². The third-order valence-corrected chi connectivity index (χ3v) is 7.85. The molecule has 232 valence electrons. The highest BCUT2D eigenvalue weighted by atomic mass is 32.2. The van der Waals surface area contributed by atoms with E-state index < -0.39 is 22.0 Å². The van der Waals surface area contributed by atoms with Crippen LogP contribution in [-0.2, 0) is 25.9 Å². The average molecular weight is 615 g/mol. The number of pyridine rings is 1. The summed E-state index contributed by atoms with van der Waals surface area (Å²) in [6.45, 7) is 2.56. The molecule has 12 heteroatoms. The summed E-state index contributed by atoms with van der Waals surface area (Å²) in [5, 5.41) is 2.65. The number of methoxy groups -OCH3 is 2. The first-order valence-electron chi connectivity index (χ1n) is 14.0. The second-order valence-electron chi connectivity index (χ2n) is 9.97. The highest BCUT2D eigenvalue weighted by molar-refractivity contribution is 7.90. The number of rotatable bonds is 14. The number of carbonyl (C=O) groups excluding carboxylic acids is 1. The molecular formula is C31H38N2O9S.